The van der Waals surface area contributed by atoms with E-state index in [9.17, 15) is 0 Å². The van der Waals surface area contributed by atoms with Crippen molar-refractivity contribution in [1.29, 1.82) is 0 Å². The molecule has 0 aliphatic carbocycles. The maximum Gasteiger partial charge on any atom is 0.175 e. The smallest absolute Gasteiger partial charge is 0.175 e. The highest BCUT2D eigenvalue weighted by molar-refractivity contribution is 7.80. The van der Waals surface area contributed by atoms with Crippen LogP contribution in [-0.4, -0.2) is 15.3 Å². The Morgan fingerprint density at radius 3 is 2.38 bits per heavy atom. The number of anilines is 2. The highest BCUT2D eigenvalue weighted by atomic mass is 32.1. The summed E-state index contributed by atoms with van der Waals surface area (Å²) in [6.07, 6.45) is 3.21. The lowest BCUT2D eigenvalue weighted by Gasteiger charge is -2.09. The minimum Gasteiger partial charge on any atom is -0.332 e. The molecule has 2 rings (SSSR count). The molecule has 16 heavy (non-hydrogen) atoms. The van der Waals surface area contributed by atoms with Crippen molar-refractivity contribution in [2.75, 3.05) is 10.6 Å². The fourth-order valence-corrected chi connectivity index (χ4v) is 1.42. The quantitative estimate of drug-likeness (QED) is 0.775. The van der Waals surface area contributed by atoms with E-state index in [-0.39, 0.29) is 0 Å². The first-order valence-corrected chi connectivity index (χ1v) is 5.15. The van der Waals surface area contributed by atoms with Gasteiger partial charge in [0.1, 0.15) is 0 Å². The summed E-state index contributed by atoms with van der Waals surface area (Å²) in [5, 5.41) is 14.0. The molecule has 0 radical (unpaired) electrons. The van der Waals surface area contributed by atoms with Crippen LogP contribution < -0.4 is 10.6 Å². The molecule has 0 atom stereocenters. The van der Waals surface area contributed by atoms with Gasteiger partial charge in [-0.1, -0.05) is 18.2 Å². The van der Waals surface area contributed by atoms with Gasteiger partial charge in [-0.3, -0.25) is 0 Å². The van der Waals surface area contributed by atoms with Crippen molar-refractivity contribution in [2.24, 2.45) is 0 Å². The van der Waals surface area contributed by atoms with Gasteiger partial charge >= 0.3 is 0 Å². The molecule has 5 heteroatoms. The molecule has 0 aliphatic rings. The first kappa shape index (κ1) is 10.5. The van der Waals surface area contributed by atoms with E-state index < -0.39 is 0 Å². The molecule has 0 spiro atoms. The zero-order valence-corrected chi connectivity index (χ0v) is 9.24. The number of hydrogen-bond acceptors (Lipinski definition) is 3. The van der Waals surface area contributed by atoms with Crippen molar-refractivity contribution < 1.29 is 0 Å². The summed E-state index contributed by atoms with van der Waals surface area (Å²) in [6.45, 7) is 0. The summed E-state index contributed by atoms with van der Waals surface area (Å²) in [6, 6.07) is 11.5. The average molecular weight is 230 g/mol. The Morgan fingerprint density at radius 2 is 1.69 bits per heavy atom. The molecule has 80 valence electrons. The SMILES string of the molecule is S=C(Nc1ccccc1)Nc1ccnnc1. The van der Waals surface area contributed by atoms with Gasteiger partial charge in [0, 0.05) is 5.69 Å². The topological polar surface area (TPSA) is 49.8 Å². The molecule has 0 bridgehead atoms. The predicted octanol–water partition coefficient (Wildman–Crippen LogP) is 2.29. The van der Waals surface area contributed by atoms with Crippen LogP contribution in [-0.2, 0) is 0 Å². The van der Waals surface area contributed by atoms with Gasteiger partial charge in [-0.15, -0.1) is 0 Å². The Balaban J connectivity index is 1.95. The summed E-state index contributed by atoms with van der Waals surface area (Å²) in [7, 11) is 0. The molecule has 1 aromatic carbocycles. The fraction of sp³-hybridized carbons (Fsp3) is 0. The summed E-state index contributed by atoms with van der Waals surface area (Å²) in [5.74, 6) is 0. The van der Waals surface area contributed by atoms with Gasteiger partial charge in [-0.05, 0) is 30.4 Å². The lowest BCUT2D eigenvalue weighted by molar-refractivity contribution is 1.03. The van der Waals surface area contributed by atoms with E-state index in [0.717, 1.165) is 11.4 Å². The van der Waals surface area contributed by atoms with Crippen LogP contribution in [0.1, 0.15) is 0 Å². The molecule has 2 aromatic rings. The standard InChI is InChI=1S/C11H10N4S/c16-11(14-9-4-2-1-3-5-9)15-10-6-7-12-13-8-10/h1-8H,(H2,12,14,15,16). The van der Waals surface area contributed by atoms with Gasteiger partial charge in [-0.25, -0.2) is 0 Å². The predicted molar refractivity (Wildman–Crippen MR) is 68.3 cm³/mol. The molecule has 0 aliphatic heterocycles. The summed E-state index contributed by atoms with van der Waals surface area (Å²) >= 11 is 5.15. The van der Waals surface area contributed by atoms with E-state index in [4.69, 9.17) is 12.2 Å². The van der Waals surface area contributed by atoms with Gasteiger partial charge in [0.05, 0.1) is 18.1 Å². The molecule has 0 saturated carbocycles. The third kappa shape index (κ3) is 2.99. The Bertz CT molecular complexity index is 414. The first-order chi connectivity index (χ1) is 7.84. The average Bonchev–Trinajstić information content (AvgIpc) is 2.31. The van der Waals surface area contributed by atoms with Crippen LogP contribution in [0.4, 0.5) is 11.4 Å². The van der Waals surface area contributed by atoms with Gasteiger partial charge in [0.15, 0.2) is 5.11 Å². The van der Waals surface area contributed by atoms with Gasteiger partial charge in [0.25, 0.3) is 0 Å². The highest BCUT2D eigenvalue weighted by Gasteiger charge is 1.97. The molecule has 0 saturated heterocycles. The first-order valence-electron chi connectivity index (χ1n) is 4.74. The highest BCUT2D eigenvalue weighted by Crippen LogP contribution is 2.07. The number of thiocarbonyl (C=S) groups is 1. The van der Waals surface area contributed by atoms with Crippen molar-refractivity contribution in [3.8, 4) is 0 Å². The van der Waals surface area contributed by atoms with E-state index in [1.54, 1.807) is 18.5 Å². The van der Waals surface area contributed by atoms with E-state index >= 15 is 0 Å². The number of rotatable bonds is 2. The minimum absolute atomic E-state index is 0.527. The van der Waals surface area contributed by atoms with Gasteiger partial charge in [-0.2, -0.15) is 10.2 Å². The molecule has 1 heterocycles. The third-order valence-corrected chi connectivity index (χ3v) is 2.08. The van der Waals surface area contributed by atoms with Gasteiger partial charge < -0.3 is 10.6 Å². The van der Waals surface area contributed by atoms with Crippen LogP contribution in [0.3, 0.4) is 0 Å². The second-order valence-corrected chi connectivity index (χ2v) is 3.48. The van der Waals surface area contributed by atoms with Crippen LogP contribution in [0.5, 0.6) is 0 Å². The lowest BCUT2D eigenvalue weighted by atomic mass is 10.3. The van der Waals surface area contributed by atoms with Crippen molar-refractivity contribution in [3.63, 3.8) is 0 Å². The second kappa shape index (κ2) is 5.18. The second-order valence-electron chi connectivity index (χ2n) is 3.08. The van der Waals surface area contributed by atoms with Crippen LogP contribution in [0, 0.1) is 0 Å². The molecule has 4 nitrogen and oxygen atoms in total. The minimum atomic E-state index is 0.527. The fourth-order valence-electron chi connectivity index (χ4n) is 1.18. The molecule has 0 amide bonds. The van der Waals surface area contributed by atoms with Crippen LogP contribution in [0.2, 0.25) is 0 Å². The molecule has 0 unspecified atom stereocenters. The number of aromatic nitrogens is 2. The molecule has 1 aromatic heterocycles. The van der Waals surface area contributed by atoms with E-state index in [1.807, 2.05) is 30.3 Å². The zero-order valence-electron chi connectivity index (χ0n) is 8.42. The Morgan fingerprint density at radius 1 is 0.938 bits per heavy atom. The van der Waals surface area contributed by atoms with Crippen LogP contribution in [0.15, 0.2) is 48.8 Å². The number of nitrogens with zero attached hydrogens (tertiary/aromatic N) is 2. The Labute approximate surface area is 98.7 Å². The third-order valence-electron chi connectivity index (χ3n) is 1.87. The molecule has 2 N–H and O–H groups in total. The van der Waals surface area contributed by atoms with Crippen molar-refractivity contribution in [1.82, 2.24) is 10.2 Å². The Hall–Kier alpha value is -2.01. The largest absolute Gasteiger partial charge is 0.332 e. The summed E-state index contributed by atoms with van der Waals surface area (Å²) in [5.41, 5.74) is 1.76. The summed E-state index contributed by atoms with van der Waals surface area (Å²) in [4.78, 5) is 0. The van der Waals surface area contributed by atoms with Crippen LogP contribution >= 0.6 is 12.2 Å². The zero-order chi connectivity index (χ0) is 11.2. The normalized spacial score (nSPS) is 9.50. The molecular formula is C11H10N4S. The number of benzene rings is 1. The number of para-hydroxylation sites is 1. The maximum atomic E-state index is 5.15. The Kier molecular flexibility index (Phi) is 3.40. The van der Waals surface area contributed by atoms with Crippen molar-refractivity contribution in [3.05, 3.63) is 48.8 Å². The van der Waals surface area contributed by atoms with E-state index in [2.05, 4.69) is 20.8 Å². The maximum absolute atomic E-state index is 5.15. The monoisotopic (exact) mass is 230 g/mol. The molecular weight excluding hydrogens is 220 g/mol. The summed E-state index contributed by atoms with van der Waals surface area (Å²) < 4.78 is 0. The number of nitrogens with one attached hydrogen (secondary N) is 2. The van der Waals surface area contributed by atoms with Crippen molar-refractivity contribution >= 4 is 28.7 Å². The van der Waals surface area contributed by atoms with Crippen molar-refractivity contribution in [2.45, 2.75) is 0 Å². The van der Waals surface area contributed by atoms with E-state index in [0.29, 0.717) is 5.11 Å². The van der Waals surface area contributed by atoms with Gasteiger partial charge in [0.2, 0.25) is 0 Å². The molecule has 0 fully saturated rings. The van der Waals surface area contributed by atoms with E-state index in [1.165, 1.54) is 0 Å². The number of hydrogen-bond donors (Lipinski definition) is 2. The van der Waals surface area contributed by atoms with Crippen LogP contribution in [0.25, 0.3) is 0 Å². The lowest BCUT2D eigenvalue weighted by Crippen LogP contribution is -2.19.